The highest BCUT2D eigenvalue weighted by atomic mass is 32.1. The highest BCUT2D eigenvalue weighted by Gasteiger charge is 2.22. The molecule has 0 amide bonds. The summed E-state index contributed by atoms with van der Waals surface area (Å²) in [6, 6.07) is 65.3. The fourth-order valence-electron chi connectivity index (χ4n) is 8.75. The second-order valence-electron chi connectivity index (χ2n) is 14.1. The molecule has 12 rings (SSSR count). The summed E-state index contributed by atoms with van der Waals surface area (Å²) in [5, 5.41) is 8.38. The summed E-state index contributed by atoms with van der Waals surface area (Å²) in [6.45, 7) is 0. The number of fused-ring (bicyclic) bond motifs is 11. The van der Waals surface area contributed by atoms with Crippen molar-refractivity contribution < 1.29 is 0 Å². The molecule has 0 spiro atoms. The summed E-state index contributed by atoms with van der Waals surface area (Å²) in [5.41, 5.74) is 11.0. The molecule has 4 heterocycles. The van der Waals surface area contributed by atoms with Gasteiger partial charge in [-0.1, -0.05) is 127 Å². The predicted molar refractivity (Wildman–Crippen MR) is 232 cm³/mol. The van der Waals surface area contributed by atoms with Gasteiger partial charge < -0.3 is 9.13 Å². The molecule has 256 valence electrons. The molecule has 8 aromatic carbocycles. The van der Waals surface area contributed by atoms with Gasteiger partial charge in [-0.2, -0.15) is 0 Å². The average molecular weight is 719 g/mol. The van der Waals surface area contributed by atoms with Crippen molar-refractivity contribution in [1.82, 2.24) is 19.1 Å². The zero-order valence-electron chi connectivity index (χ0n) is 29.5. The quantitative estimate of drug-likeness (QED) is 0.182. The van der Waals surface area contributed by atoms with Crippen molar-refractivity contribution in [1.29, 1.82) is 0 Å². The number of benzene rings is 8. The lowest BCUT2D eigenvalue weighted by Crippen LogP contribution is -1.97. The largest absolute Gasteiger partial charge is 0.309 e. The first-order valence-corrected chi connectivity index (χ1v) is 19.4. The monoisotopic (exact) mass is 718 g/mol. The minimum Gasteiger partial charge on any atom is -0.309 e. The number of rotatable bonds is 4. The fraction of sp³-hybridized carbons (Fsp3) is 0. The molecule has 0 saturated heterocycles. The van der Waals surface area contributed by atoms with Gasteiger partial charge in [0, 0.05) is 54.1 Å². The molecule has 0 fully saturated rings. The van der Waals surface area contributed by atoms with E-state index in [2.05, 4.69) is 191 Å². The van der Waals surface area contributed by atoms with Crippen molar-refractivity contribution in [3.8, 4) is 34.0 Å². The highest BCUT2D eigenvalue weighted by molar-refractivity contribution is 7.26. The van der Waals surface area contributed by atoms with Crippen LogP contribution in [0.4, 0.5) is 0 Å². The normalized spacial score (nSPS) is 12.0. The Labute approximate surface area is 319 Å². The van der Waals surface area contributed by atoms with Crippen LogP contribution in [0, 0.1) is 0 Å². The molecule has 0 saturated carbocycles. The van der Waals surface area contributed by atoms with Crippen molar-refractivity contribution >= 4 is 86.0 Å². The molecule has 0 aliphatic carbocycles. The maximum atomic E-state index is 5.44. The van der Waals surface area contributed by atoms with Crippen LogP contribution in [0.5, 0.6) is 0 Å². The topological polar surface area (TPSA) is 35.6 Å². The van der Waals surface area contributed by atoms with Gasteiger partial charge in [-0.25, -0.2) is 9.97 Å². The Morgan fingerprint density at radius 3 is 1.73 bits per heavy atom. The Balaban J connectivity index is 1.20. The van der Waals surface area contributed by atoms with E-state index < -0.39 is 0 Å². The Morgan fingerprint density at radius 2 is 0.982 bits per heavy atom. The molecule has 0 radical (unpaired) electrons. The predicted octanol–water partition coefficient (Wildman–Crippen LogP) is 13.5. The van der Waals surface area contributed by atoms with Crippen LogP contribution in [0.1, 0.15) is 0 Å². The van der Waals surface area contributed by atoms with E-state index in [9.17, 15) is 0 Å². The van der Waals surface area contributed by atoms with Gasteiger partial charge in [0.05, 0.1) is 38.0 Å². The SMILES string of the molecule is c1ccc(-c2nc(-c3cc4c(c5ccccc35)c3cc(-n5c6ccccc6c6ccccc65)ccc3n4-c3ccccc3)nc3c2sc2ccccc23)cc1. The van der Waals surface area contributed by atoms with Crippen LogP contribution in [0.2, 0.25) is 0 Å². The number of hydrogen-bond acceptors (Lipinski definition) is 3. The molecule has 0 aliphatic heterocycles. The molecule has 5 heteroatoms. The molecule has 0 bridgehead atoms. The highest BCUT2D eigenvalue weighted by Crippen LogP contribution is 2.44. The summed E-state index contributed by atoms with van der Waals surface area (Å²) in [5.74, 6) is 0.726. The van der Waals surface area contributed by atoms with Crippen LogP contribution in [-0.2, 0) is 0 Å². The second kappa shape index (κ2) is 11.7. The van der Waals surface area contributed by atoms with Crippen molar-refractivity contribution in [3.63, 3.8) is 0 Å². The van der Waals surface area contributed by atoms with Gasteiger partial charge in [0.25, 0.3) is 0 Å². The van der Waals surface area contributed by atoms with Crippen LogP contribution in [0.25, 0.3) is 109 Å². The van der Waals surface area contributed by atoms with Gasteiger partial charge in [0.2, 0.25) is 0 Å². The van der Waals surface area contributed by atoms with E-state index in [1.165, 1.54) is 42.7 Å². The maximum Gasteiger partial charge on any atom is 0.161 e. The minimum absolute atomic E-state index is 0.726. The Kier molecular flexibility index (Phi) is 6.47. The van der Waals surface area contributed by atoms with Gasteiger partial charge >= 0.3 is 0 Å². The summed E-state index contributed by atoms with van der Waals surface area (Å²) < 4.78 is 7.14. The lowest BCUT2D eigenvalue weighted by molar-refractivity contribution is 1.16. The van der Waals surface area contributed by atoms with Crippen LogP contribution < -0.4 is 0 Å². The minimum atomic E-state index is 0.726. The molecule has 55 heavy (non-hydrogen) atoms. The fourth-order valence-corrected chi connectivity index (χ4v) is 9.91. The maximum absolute atomic E-state index is 5.44. The first-order chi connectivity index (χ1) is 27.3. The first kappa shape index (κ1) is 30.4. The van der Waals surface area contributed by atoms with Crippen molar-refractivity contribution in [2.75, 3.05) is 0 Å². The number of hydrogen-bond donors (Lipinski definition) is 0. The van der Waals surface area contributed by atoms with E-state index in [0.29, 0.717) is 0 Å². The Morgan fingerprint density at radius 1 is 0.400 bits per heavy atom. The molecular weight excluding hydrogens is 689 g/mol. The third-order valence-electron chi connectivity index (χ3n) is 11.1. The van der Waals surface area contributed by atoms with E-state index >= 15 is 0 Å². The van der Waals surface area contributed by atoms with E-state index in [-0.39, 0.29) is 0 Å². The molecule has 0 N–H and O–H groups in total. The number of thiophene rings is 1. The van der Waals surface area contributed by atoms with Crippen molar-refractivity contribution in [2.45, 2.75) is 0 Å². The Hall–Kier alpha value is -7.08. The van der Waals surface area contributed by atoms with Gasteiger partial charge in [-0.3, -0.25) is 0 Å². The first-order valence-electron chi connectivity index (χ1n) is 18.6. The average Bonchev–Trinajstić information content (AvgIpc) is 3.91. The number of aromatic nitrogens is 4. The summed E-state index contributed by atoms with van der Waals surface area (Å²) in [4.78, 5) is 10.9. The van der Waals surface area contributed by atoms with Crippen molar-refractivity contribution in [3.05, 3.63) is 182 Å². The molecule has 4 aromatic heterocycles. The van der Waals surface area contributed by atoms with E-state index in [4.69, 9.17) is 9.97 Å². The molecule has 4 nitrogen and oxygen atoms in total. The van der Waals surface area contributed by atoms with Gasteiger partial charge in [-0.05, 0) is 65.4 Å². The zero-order chi connectivity index (χ0) is 36.0. The van der Waals surface area contributed by atoms with Gasteiger partial charge in [-0.15, -0.1) is 11.3 Å². The van der Waals surface area contributed by atoms with Crippen LogP contribution in [0.15, 0.2) is 182 Å². The van der Waals surface area contributed by atoms with Gasteiger partial charge in [0.15, 0.2) is 5.82 Å². The molecular formula is C50H30N4S. The molecule has 0 aliphatic rings. The summed E-state index contributed by atoms with van der Waals surface area (Å²) in [7, 11) is 0. The number of para-hydroxylation sites is 3. The number of nitrogens with zero attached hydrogens (tertiary/aromatic N) is 4. The van der Waals surface area contributed by atoms with Crippen LogP contribution in [-0.4, -0.2) is 19.1 Å². The van der Waals surface area contributed by atoms with E-state index in [0.717, 1.165) is 66.0 Å². The van der Waals surface area contributed by atoms with Crippen molar-refractivity contribution in [2.24, 2.45) is 0 Å². The smallest absolute Gasteiger partial charge is 0.161 e. The van der Waals surface area contributed by atoms with Crippen LogP contribution >= 0.6 is 11.3 Å². The third-order valence-corrected chi connectivity index (χ3v) is 12.3. The summed E-state index contributed by atoms with van der Waals surface area (Å²) in [6.07, 6.45) is 0. The molecule has 0 unspecified atom stereocenters. The van der Waals surface area contributed by atoms with Crippen LogP contribution in [0.3, 0.4) is 0 Å². The van der Waals surface area contributed by atoms with E-state index in [1.807, 2.05) is 0 Å². The lowest BCUT2D eigenvalue weighted by atomic mass is 9.98. The summed E-state index contributed by atoms with van der Waals surface area (Å²) >= 11 is 1.77. The zero-order valence-corrected chi connectivity index (χ0v) is 30.3. The van der Waals surface area contributed by atoms with E-state index in [1.54, 1.807) is 11.3 Å². The van der Waals surface area contributed by atoms with Gasteiger partial charge in [0.1, 0.15) is 0 Å². The standard InChI is InChI=1S/C50H30N4S/c1-3-15-31(16-4-1)47-49-48(38-23-11-14-26-45(38)55-49)52-50(51-47)39-30-44-46(37-22-8-7-19-34(37)39)40-29-33(27-28-43(40)53(44)32-17-5-2-6-18-32)54-41-24-12-9-20-35(41)36-21-10-13-25-42(36)54/h1-30H. The third kappa shape index (κ3) is 4.45. The molecule has 0 atom stereocenters. The Bertz CT molecular complexity index is 3430. The lowest BCUT2D eigenvalue weighted by Gasteiger charge is -2.12. The molecule has 12 aromatic rings. The second-order valence-corrected chi connectivity index (χ2v) is 15.2.